The Kier molecular flexibility index (Phi) is 12.0. The van der Waals surface area contributed by atoms with Gasteiger partial charge in [0.1, 0.15) is 5.82 Å². The molecule has 3 heterocycles. The molecular weight excluding hydrogens is 952 g/mol. The van der Waals surface area contributed by atoms with E-state index in [0.29, 0.717) is 11.5 Å². The SMILES string of the molecule is CC(C)(C)C1=C(C(C)(C)C)N(c2cccc(C(C)(C)c3ccccc3)c2)[CH-]N1c1[c-]c(Oc2[c-]c3c(c(C(C)(C)C)c2)c2ccccc2n3-c2cc(C(C)(C)C)ccn2)ccc1.[Pt]. The zero-order chi connectivity index (χ0) is 44.6. The number of hydrogen-bond donors (Lipinski definition) is 0. The van der Waals surface area contributed by atoms with E-state index < -0.39 is 0 Å². The van der Waals surface area contributed by atoms with Crippen molar-refractivity contribution in [3.05, 3.63) is 174 Å². The molecule has 63 heavy (non-hydrogen) atoms. The maximum Gasteiger partial charge on any atom is 0.135 e. The summed E-state index contributed by atoms with van der Waals surface area (Å²) in [7, 11) is 0. The third-order valence-corrected chi connectivity index (χ3v) is 12.2. The normalized spacial score (nSPS) is 14.2. The molecule has 330 valence electrons. The van der Waals surface area contributed by atoms with Gasteiger partial charge in [0.2, 0.25) is 0 Å². The van der Waals surface area contributed by atoms with Crippen molar-refractivity contribution < 1.29 is 25.8 Å². The summed E-state index contributed by atoms with van der Waals surface area (Å²) in [6.45, 7) is 34.2. The number of aromatic nitrogens is 2. The Morgan fingerprint density at radius 3 is 1.84 bits per heavy atom. The van der Waals surface area contributed by atoms with Gasteiger partial charge in [-0.3, -0.25) is 0 Å². The predicted molar refractivity (Wildman–Crippen MR) is 260 cm³/mol. The van der Waals surface area contributed by atoms with Crippen molar-refractivity contribution in [1.82, 2.24) is 9.55 Å². The van der Waals surface area contributed by atoms with Gasteiger partial charge in [-0.2, -0.15) is 6.07 Å². The zero-order valence-electron chi connectivity index (χ0n) is 39.6. The van der Waals surface area contributed by atoms with Crippen LogP contribution in [0, 0.1) is 29.6 Å². The van der Waals surface area contributed by atoms with Gasteiger partial charge in [0, 0.05) is 77.6 Å². The number of pyridine rings is 1. The van der Waals surface area contributed by atoms with Crippen LogP contribution in [0.25, 0.3) is 27.6 Å². The van der Waals surface area contributed by atoms with E-state index in [-0.39, 0.29) is 48.1 Å². The third kappa shape index (κ3) is 8.75. The van der Waals surface area contributed by atoms with Gasteiger partial charge in [-0.1, -0.05) is 168 Å². The maximum atomic E-state index is 6.89. The van der Waals surface area contributed by atoms with Gasteiger partial charge in [-0.25, -0.2) is 4.98 Å². The van der Waals surface area contributed by atoms with Gasteiger partial charge in [0.25, 0.3) is 0 Å². The van der Waals surface area contributed by atoms with Crippen LogP contribution in [-0.4, -0.2) is 9.55 Å². The molecule has 1 aliphatic rings. The summed E-state index contributed by atoms with van der Waals surface area (Å²) in [4.78, 5) is 9.66. The first-order valence-electron chi connectivity index (χ1n) is 22.1. The number of para-hydroxylation sites is 1. The standard InChI is InChI=1S/C57H63N4O.Pt/c1-53(2,3)39-30-31-58-49(33-39)61-47-29-19-18-28-45(47)50-46(54(4,5)6)35-44(36-48(50)61)62-43-27-21-26-42(34-43)60-37-59(51(55(7,8)9)52(60)56(10,11)12)41-25-20-24-40(32-41)57(13,14)38-22-16-15-17-23-38;/h15-33,35,37H,1-14H3;/q-3;. The molecule has 7 aromatic rings. The van der Waals surface area contributed by atoms with Crippen LogP contribution in [0.4, 0.5) is 11.4 Å². The van der Waals surface area contributed by atoms with E-state index in [1.165, 1.54) is 44.4 Å². The molecule has 8 rings (SSSR count). The molecule has 0 N–H and O–H groups in total. The molecule has 0 saturated heterocycles. The fraction of sp³-hybridized carbons (Fsp3) is 0.333. The Hall–Kier alpha value is -5.12. The fourth-order valence-electron chi connectivity index (χ4n) is 8.97. The van der Waals surface area contributed by atoms with Crippen molar-refractivity contribution in [3.8, 4) is 17.3 Å². The van der Waals surface area contributed by atoms with Crippen molar-refractivity contribution in [2.45, 2.75) is 113 Å². The third-order valence-electron chi connectivity index (χ3n) is 12.2. The van der Waals surface area contributed by atoms with Gasteiger partial charge in [0.05, 0.1) is 0 Å². The molecule has 0 saturated carbocycles. The Labute approximate surface area is 391 Å². The second-order valence-corrected chi connectivity index (χ2v) is 21.6. The van der Waals surface area contributed by atoms with E-state index in [1.807, 2.05) is 12.3 Å². The van der Waals surface area contributed by atoms with Crippen molar-refractivity contribution >= 4 is 33.2 Å². The van der Waals surface area contributed by atoms with Crippen LogP contribution in [0.15, 0.2) is 133 Å². The predicted octanol–water partition coefficient (Wildman–Crippen LogP) is 15.2. The molecule has 5 aromatic carbocycles. The maximum absolute atomic E-state index is 6.89. The van der Waals surface area contributed by atoms with Gasteiger partial charge in [0.15, 0.2) is 0 Å². The van der Waals surface area contributed by atoms with Crippen molar-refractivity contribution in [1.29, 1.82) is 0 Å². The summed E-state index contributed by atoms with van der Waals surface area (Å²) in [6.07, 6.45) is 1.92. The van der Waals surface area contributed by atoms with E-state index in [0.717, 1.165) is 28.2 Å². The number of fused-ring (bicyclic) bond motifs is 3. The van der Waals surface area contributed by atoms with Gasteiger partial charge < -0.3 is 19.1 Å². The molecule has 0 unspecified atom stereocenters. The van der Waals surface area contributed by atoms with E-state index in [9.17, 15) is 0 Å². The van der Waals surface area contributed by atoms with Gasteiger partial charge >= 0.3 is 0 Å². The second-order valence-electron chi connectivity index (χ2n) is 21.6. The van der Waals surface area contributed by atoms with E-state index >= 15 is 0 Å². The molecule has 6 heteroatoms. The van der Waals surface area contributed by atoms with E-state index in [4.69, 9.17) is 9.72 Å². The Morgan fingerprint density at radius 2 is 1.17 bits per heavy atom. The van der Waals surface area contributed by atoms with Gasteiger partial charge in [-0.15, -0.1) is 48.3 Å². The minimum Gasteiger partial charge on any atom is -0.509 e. The molecule has 0 bridgehead atoms. The van der Waals surface area contributed by atoms with E-state index in [2.05, 4.69) is 239 Å². The minimum atomic E-state index is -0.203. The monoisotopic (exact) mass is 1010 g/mol. The zero-order valence-corrected chi connectivity index (χ0v) is 41.9. The summed E-state index contributed by atoms with van der Waals surface area (Å²) in [5.74, 6) is 2.13. The summed E-state index contributed by atoms with van der Waals surface area (Å²) < 4.78 is 9.14. The van der Waals surface area contributed by atoms with Crippen molar-refractivity contribution in [2.24, 2.45) is 10.8 Å². The molecule has 1 aliphatic heterocycles. The largest absolute Gasteiger partial charge is 0.509 e. The number of hydrogen-bond acceptors (Lipinski definition) is 4. The fourth-order valence-corrected chi connectivity index (χ4v) is 8.97. The molecule has 0 fully saturated rings. The Morgan fingerprint density at radius 1 is 0.540 bits per heavy atom. The number of ether oxygens (including phenoxy) is 1. The molecular formula is C57H63N4OPt-3. The number of nitrogens with zero attached hydrogens (tertiary/aromatic N) is 4. The average molecular weight is 1020 g/mol. The van der Waals surface area contributed by atoms with Crippen LogP contribution < -0.4 is 14.5 Å². The summed E-state index contributed by atoms with van der Waals surface area (Å²) in [6, 6.07) is 48.6. The average Bonchev–Trinajstić information content (AvgIpc) is 3.79. The first-order chi connectivity index (χ1) is 29.0. The molecule has 2 aromatic heterocycles. The van der Waals surface area contributed by atoms with Crippen molar-refractivity contribution in [2.75, 3.05) is 9.80 Å². The number of allylic oxidation sites excluding steroid dienone is 2. The summed E-state index contributed by atoms with van der Waals surface area (Å²) >= 11 is 0. The molecule has 0 atom stereocenters. The number of rotatable bonds is 7. The number of benzene rings is 5. The molecule has 0 amide bonds. The van der Waals surface area contributed by atoms with Crippen molar-refractivity contribution in [3.63, 3.8) is 0 Å². The molecule has 0 radical (unpaired) electrons. The quantitative estimate of drug-likeness (QED) is 0.149. The first kappa shape index (κ1) is 45.9. The molecule has 0 aliphatic carbocycles. The molecule has 5 nitrogen and oxygen atoms in total. The van der Waals surface area contributed by atoms with Crippen LogP contribution in [0.3, 0.4) is 0 Å². The Balaban J connectivity index is 0.00000595. The van der Waals surface area contributed by atoms with E-state index in [1.54, 1.807) is 0 Å². The second kappa shape index (κ2) is 16.5. The number of anilines is 2. The minimum absolute atomic E-state index is 0. The van der Waals surface area contributed by atoms with Crippen LogP contribution in [0.5, 0.6) is 11.5 Å². The smallest absolute Gasteiger partial charge is 0.135 e. The Bertz CT molecular complexity index is 2820. The first-order valence-corrected chi connectivity index (χ1v) is 22.1. The summed E-state index contributed by atoms with van der Waals surface area (Å²) in [5.41, 5.74) is 10.7. The van der Waals surface area contributed by atoms with Gasteiger partial charge in [-0.05, 0) is 63.2 Å². The van der Waals surface area contributed by atoms with Crippen LogP contribution >= 0.6 is 0 Å². The molecule has 0 spiro atoms. The summed E-state index contributed by atoms with van der Waals surface area (Å²) in [5, 5.41) is 2.34. The topological polar surface area (TPSA) is 33.5 Å². The van der Waals surface area contributed by atoms with Crippen LogP contribution in [-0.2, 0) is 37.3 Å². The van der Waals surface area contributed by atoms with Crippen LogP contribution in [0.2, 0.25) is 0 Å². The van der Waals surface area contributed by atoms with Crippen LogP contribution in [0.1, 0.15) is 119 Å².